The molecule has 28 heavy (non-hydrogen) atoms. The maximum atomic E-state index is 13.0. The molecule has 1 amide bonds. The van der Waals surface area contributed by atoms with Crippen molar-refractivity contribution in [2.24, 2.45) is 5.92 Å². The number of aliphatic hydroxyl groups is 1. The number of aliphatic hydroxyl groups excluding tert-OH is 1. The Kier molecular flexibility index (Phi) is 5.12. The highest BCUT2D eigenvalue weighted by Gasteiger charge is 2.28. The Bertz CT molecular complexity index is 979. The molecule has 1 saturated carbocycles. The monoisotopic (exact) mass is 398 g/mol. The third-order valence-electron chi connectivity index (χ3n) is 5.42. The summed E-state index contributed by atoms with van der Waals surface area (Å²) < 4.78 is 2.09. The van der Waals surface area contributed by atoms with Crippen LogP contribution in [0.4, 0.5) is 5.95 Å². The Morgan fingerprint density at radius 2 is 2.00 bits per heavy atom. The van der Waals surface area contributed by atoms with E-state index in [4.69, 9.17) is 4.98 Å². The molecule has 2 atom stereocenters. The Morgan fingerprint density at radius 3 is 2.64 bits per heavy atom. The Hall–Kier alpha value is -2.38. The fourth-order valence-corrected chi connectivity index (χ4v) is 5.04. The number of para-hydroxylation sites is 1. The number of nitrogens with zero attached hydrogens (tertiary/aromatic N) is 4. The number of imidazole rings is 1. The minimum Gasteiger partial charge on any atom is -0.393 e. The summed E-state index contributed by atoms with van der Waals surface area (Å²) in [5, 5.41) is 10.1. The predicted octanol–water partition coefficient (Wildman–Crippen LogP) is 3.39. The third kappa shape index (κ3) is 3.40. The summed E-state index contributed by atoms with van der Waals surface area (Å²) in [6.07, 6.45) is 2.57. The minimum absolute atomic E-state index is 0.00638. The van der Waals surface area contributed by atoms with Gasteiger partial charge < -0.3 is 14.9 Å². The van der Waals surface area contributed by atoms with Crippen LogP contribution < -0.4 is 4.90 Å². The van der Waals surface area contributed by atoms with Crippen molar-refractivity contribution < 1.29 is 9.90 Å². The summed E-state index contributed by atoms with van der Waals surface area (Å²) in [4.78, 5) is 23.1. The van der Waals surface area contributed by atoms with Gasteiger partial charge in [-0.15, -0.1) is 11.3 Å². The van der Waals surface area contributed by atoms with E-state index in [1.165, 1.54) is 11.3 Å². The summed E-state index contributed by atoms with van der Waals surface area (Å²) in [6.45, 7) is 0.594. The van der Waals surface area contributed by atoms with Gasteiger partial charge in [0.25, 0.3) is 5.91 Å². The van der Waals surface area contributed by atoms with Gasteiger partial charge in [-0.3, -0.25) is 9.36 Å². The molecule has 148 valence electrons. The molecule has 0 spiro atoms. The second-order valence-electron chi connectivity index (χ2n) is 7.72. The number of aromatic nitrogens is 2. The van der Waals surface area contributed by atoms with Crippen LogP contribution in [-0.2, 0) is 0 Å². The van der Waals surface area contributed by atoms with E-state index >= 15 is 0 Å². The van der Waals surface area contributed by atoms with Gasteiger partial charge in [-0.1, -0.05) is 24.6 Å². The van der Waals surface area contributed by atoms with E-state index in [1.807, 2.05) is 62.4 Å². The zero-order chi connectivity index (χ0) is 19.8. The molecular weight excluding hydrogens is 372 g/mol. The summed E-state index contributed by atoms with van der Waals surface area (Å²) in [6, 6.07) is 12.0. The van der Waals surface area contributed by atoms with Gasteiger partial charge in [0.2, 0.25) is 5.95 Å². The molecule has 6 nitrogen and oxygen atoms in total. The number of thiophene rings is 1. The van der Waals surface area contributed by atoms with Gasteiger partial charge in [0.05, 0.1) is 11.0 Å². The average Bonchev–Trinajstić information content (AvgIpc) is 3.36. The topological polar surface area (TPSA) is 61.6 Å². The second-order valence-corrected chi connectivity index (χ2v) is 8.75. The lowest BCUT2D eigenvalue weighted by Gasteiger charge is -2.22. The van der Waals surface area contributed by atoms with Gasteiger partial charge in [0, 0.05) is 39.3 Å². The van der Waals surface area contributed by atoms with Crippen LogP contribution in [0.25, 0.3) is 16.0 Å². The first kappa shape index (κ1) is 19.0. The van der Waals surface area contributed by atoms with Gasteiger partial charge >= 0.3 is 0 Å². The fourth-order valence-electron chi connectivity index (χ4n) is 3.93. The number of carbonyl (C=O) groups excluding carboxylic acids is 1. The van der Waals surface area contributed by atoms with E-state index in [-0.39, 0.29) is 17.9 Å². The lowest BCUT2D eigenvalue weighted by molar-refractivity contribution is 0.0698. The first-order valence-corrected chi connectivity index (χ1v) is 10.5. The number of hydrogen-bond donors (Lipinski definition) is 1. The maximum Gasteiger partial charge on any atom is 0.263 e. The quantitative estimate of drug-likeness (QED) is 0.716. The number of carbonyl (C=O) groups is 1. The van der Waals surface area contributed by atoms with E-state index in [2.05, 4.69) is 4.57 Å². The number of amides is 1. The highest BCUT2D eigenvalue weighted by molar-refractivity contribution is 7.20. The number of benzene rings is 1. The van der Waals surface area contributed by atoms with Gasteiger partial charge in [-0.25, -0.2) is 4.98 Å². The van der Waals surface area contributed by atoms with Crippen LogP contribution in [-0.4, -0.2) is 59.3 Å². The van der Waals surface area contributed by atoms with Crippen LogP contribution in [0.1, 0.15) is 28.9 Å². The number of fused-ring (bicyclic) bond motifs is 1. The first-order chi connectivity index (χ1) is 13.5. The van der Waals surface area contributed by atoms with E-state index in [9.17, 15) is 9.90 Å². The van der Waals surface area contributed by atoms with Crippen LogP contribution >= 0.6 is 11.3 Å². The number of anilines is 1. The standard InChI is InChI=1S/C21H26N4O2S/c1-23(2)21-22-16-12-18(19(27)24(3)13-14-8-7-11-17(14)26)28-20(16)25(21)15-9-5-4-6-10-15/h4-6,9-10,12,14,17,26H,7-8,11,13H2,1-3H3/t14-,17-/m1/s1. The van der Waals surface area contributed by atoms with Crippen LogP contribution in [0.5, 0.6) is 0 Å². The van der Waals surface area contributed by atoms with E-state index in [1.54, 1.807) is 4.90 Å². The van der Waals surface area contributed by atoms with Gasteiger partial charge in [-0.05, 0) is 31.0 Å². The average molecular weight is 399 g/mol. The largest absolute Gasteiger partial charge is 0.393 e. The van der Waals surface area contributed by atoms with Crippen LogP contribution in [0.3, 0.4) is 0 Å². The Labute approximate surface area is 169 Å². The highest BCUT2D eigenvalue weighted by Crippen LogP contribution is 2.33. The SMILES string of the molecule is CN(C[C@H]1CCC[C@H]1O)C(=O)c1cc2nc(N(C)C)n(-c3ccccc3)c2s1. The van der Waals surface area contributed by atoms with Crippen molar-refractivity contribution in [3.8, 4) is 5.69 Å². The van der Waals surface area contributed by atoms with Crippen molar-refractivity contribution in [2.45, 2.75) is 25.4 Å². The normalized spacial score (nSPS) is 19.3. The van der Waals surface area contributed by atoms with Crippen molar-refractivity contribution in [3.05, 3.63) is 41.3 Å². The molecule has 1 aliphatic carbocycles. The second kappa shape index (κ2) is 7.56. The molecule has 1 fully saturated rings. The van der Waals surface area contributed by atoms with Crippen molar-refractivity contribution in [3.63, 3.8) is 0 Å². The smallest absolute Gasteiger partial charge is 0.263 e. The molecule has 0 radical (unpaired) electrons. The van der Waals surface area contributed by atoms with Crippen molar-refractivity contribution in [1.82, 2.24) is 14.5 Å². The maximum absolute atomic E-state index is 13.0. The molecule has 7 heteroatoms. The number of rotatable bonds is 5. The molecule has 0 aliphatic heterocycles. The zero-order valence-electron chi connectivity index (χ0n) is 16.5. The molecule has 0 bridgehead atoms. The van der Waals surface area contributed by atoms with Crippen LogP contribution in [0, 0.1) is 5.92 Å². The van der Waals surface area contributed by atoms with E-state index in [0.717, 1.165) is 41.2 Å². The van der Waals surface area contributed by atoms with Crippen molar-refractivity contribution in [2.75, 3.05) is 32.6 Å². The number of hydrogen-bond acceptors (Lipinski definition) is 5. The molecule has 3 aromatic rings. The van der Waals surface area contributed by atoms with E-state index < -0.39 is 0 Å². The van der Waals surface area contributed by atoms with Crippen molar-refractivity contribution in [1.29, 1.82) is 0 Å². The molecule has 1 aromatic carbocycles. The zero-order valence-corrected chi connectivity index (χ0v) is 17.3. The first-order valence-electron chi connectivity index (χ1n) is 9.64. The molecule has 4 rings (SSSR count). The van der Waals surface area contributed by atoms with Crippen LogP contribution in [0.15, 0.2) is 36.4 Å². The van der Waals surface area contributed by atoms with Gasteiger partial charge in [-0.2, -0.15) is 0 Å². The van der Waals surface area contributed by atoms with Crippen molar-refractivity contribution >= 4 is 33.5 Å². The highest BCUT2D eigenvalue weighted by atomic mass is 32.1. The summed E-state index contributed by atoms with van der Waals surface area (Å²) >= 11 is 1.47. The minimum atomic E-state index is -0.288. The molecule has 2 heterocycles. The van der Waals surface area contributed by atoms with Crippen LogP contribution in [0.2, 0.25) is 0 Å². The fraction of sp³-hybridized carbons (Fsp3) is 0.429. The Morgan fingerprint density at radius 1 is 1.25 bits per heavy atom. The van der Waals surface area contributed by atoms with Gasteiger partial charge in [0.1, 0.15) is 10.3 Å². The molecular formula is C21H26N4O2S. The molecule has 1 aliphatic rings. The summed E-state index contributed by atoms with van der Waals surface area (Å²) in [7, 11) is 5.76. The predicted molar refractivity (Wildman–Crippen MR) is 114 cm³/mol. The van der Waals surface area contributed by atoms with Gasteiger partial charge in [0.15, 0.2) is 0 Å². The lowest BCUT2D eigenvalue weighted by atomic mass is 10.1. The summed E-state index contributed by atoms with van der Waals surface area (Å²) in [5.74, 6) is 1.02. The Balaban J connectivity index is 1.66. The molecule has 0 saturated heterocycles. The van der Waals surface area contributed by atoms with E-state index in [0.29, 0.717) is 11.4 Å². The third-order valence-corrected chi connectivity index (χ3v) is 6.51. The molecule has 0 unspecified atom stereocenters. The summed E-state index contributed by atoms with van der Waals surface area (Å²) in [5.41, 5.74) is 1.85. The molecule has 2 aromatic heterocycles. The molecule has 1 N–H and O–H groups in total. The lowest BCUT2D eigenvalue weighted by Crippen LogP contribution is -2.34.